The van der Waals surface area contributed by atoms with Crippen molar-refractivity contribution < 1.29 is 5.02 Å². The van der Waals surface area contributed by atoms with Crippen molar-refractivity contribution in [3.8, 4) is 0 Å². The number of hydrogen-bond donors (Lipinski definition) is 2. The molecule has 0 spiro atoms. The molecule has 0 atom stereocenters. The van der Waals surface area contributed by atoms with Gasteiger partial charge in [0.05, 0.1) is 5.52 Å². The van der Waals surface area contributed by atoms with Crippen molar-refractivity contribution in [3.05, 3.63) is 27.2 Å². The van der Waals surface area contributed by atoms with Gasteiger partial charge in [-0.3, -0.25) is 4.98 Å². The molecule has 7 heteroatoms. The number of imidazole rings is 1. The first-order valence-electron chi connectivity index (χ1n) is 4.03. The Morgan fingerprint density at radius 1 is 1.71 bits per heavy atom. The number of halogens is 1. The summed E-state index contributed by atoms with van der Waals surface area (Å²) in [6.07, 6.45) is 1.59. The zero-order valence-corrected chi connectivity index (χ0v) is 8.95. The Morgan fingerprint density at radius 3 is 3.07 bits per heavy atom. The molecule has 0 amide bonds. The largest absolute Gasteiger partial charge is 0.432 e. The van der Waals surface area contributed by atoms with Gasteiger partial charge >= 0.3 is 12.7 Å². The number of rotatable bonds is 1. The Labute approximate surface area is 88.0 Å². The lowest BCUT2D eigenvalue weighted by Gasteiger charge is -2.01. The van der Waals surface area contributed by atoms with E-state index in [2.05, 4.69) is 25.9 Å². The minimum Gasteiger partial charge on any atom is -0.432 e. The lowest BCUT2D eigenvalue weighted by atomic mass is 9.88. The Bertz CT molecular complexity index is 533. The van der Waals surface area contributed by atoms with Gasteiger partial charge in [0.2, 0.25) is 0 Å². The molecule has 0 aromatic carbocycles. The molecule has 72 valence electrons. The third-order valence-electron chi connectivity index (χ3n) is 1.91. The molecule has 0 aliphatic carbocycles. The van der Waals surface area contributed by atoms with E-state index in [0.29, 0.717) is 11.2 Å². The van der Waals surface area contributed by atoms with Crippen LogP contribution in [0.3, 0.4) is 0 Å². The molecule has 2 aromatic heterocycles. The van der Waals surface area contributed by atoms with Crippen molar-refractivity contribution >= 4 is 34.1 Å². The summed E-state index contributed by atoms with van der Waals surface area (Å²) in [5.41, 5.74) is 0.694. The highest BCUT2D eigenvalue weighted by Crippen LogP contribution is 2.14. The van der Waals surface area contributed by atoms with Gasteiger partial charge in [-0.05, 0) is 28.8 Å². The highest BCUT2D eigenvalue weighted by atomic mass is 79.9. The smallest absolute Gasteiger partial charge is 0.418 e. The molecule has 14 heavy (non-hydrogen) atoms. The Hall–Kier alpha value is -1.08. The van der Waals surface area contributed by atoms with Crippen molar-refractivity contribution in [1.82, 2.24) is 14.4 Å². The van der Waals surface area contributed by atoms with E-state index in [1.165, 1.54) is 11.3 Å². The van der Waals surface area contributed by atoms with Gasteiger partial charge in [-0.2, -0.15) is 0 Å². The van der Waals surface area contributed by atoms with Gasteiger partial charge in [0.1, 0.15) is 0 Å². The van der Waals surface area contributed by atoms with Crippen LogP contribution in [0.1, 0.15) is 0 Å². The van der Waals surface area contributed by atoms with Crippen LogP contribution in [0.4, 0.5) is 0 Å². The average molecular weight is 256 g/mol. The first kappa shape index (κ1) is 9.48. The van der Waals surface area contributed by atoms with Crippen LogP contribution < -0.4 is 5.69 Å². The first-order valence-corrected chi connectivity index (χ1v) is 4.82. The Kier molecular flexibility index (Phi) is 2.20. The number of nitrogens with zero attached hydrogens (tertiary/aromatic N) is 2. The van der Waals surface area contributed by atoms with E-state index < -0.39 is 7.05 Å². The maximum absolute atomic E-state index is 11.4. The van der Waals surface area contributed by atoms with Gasteiger partial charge in [0, 0.05) is 10.7 Å². The molecule has 2 aromatic rings. The second kappa shape index (κ2) is 3.25. The average Bonchev–Trinajstić information content (AvgIpc) is 2.40. The molecule has 2 N–H and O–H groups in total. The van der Waals surface area contributed by atoms with E-state index in [0.717, 1.165) is 4.47 Å². The van der Waals surface area contributed by atoms with Crippen LogP contribution in [0.25, 0.3) is 11.2 Å². The zero-order chi connectivity index (χ0) is 10.3. The number of pyridine rings is 1. The normalized spacial score (nSPS) is 10.8. The standard InChI is InChI=1S/C7H7BBrN3O2/c1-8(14)12-5-2-4(9)3-10-6(5)11-7(12)13/h2-3,14H,1H3,(H,10,11,13). The van der Waals surface area contributed by atoms with Crippen molar-refractivity contribution in [1.29, 1.82) is 0 Å². The Balaban J connectivity index is 2.86. The summed E-state index contributed by atoms with van der Waals surface area (Å²) in [5, 5.41) is 9.38. The molecule has 0 saturated heterocycles. The summed E-state index contributed by atoms with van der Waals surface area (Å²) in [6.45, 7) is 1.52. The van der Waals surface area contributed by atoms with Gasteiger partial charge in [-0.15, -0.1) is 0 Å². The molecular weight excluding hydrogens is 249 g/mol. The molecule has 5 nitrogen and oxygen atoms in total. The predicted octanol–water partition coefficient (Wildman–Crippen LogP) is 0.445. The van der Waals surface area contributed by atoms with Crippen molar-refractivity contribution in [2.45, 2.75) is 6.82 Å². The number of fused-ring (bicyclic) bond motifs is 1. The summed E-state index contributed by atoms with van der Waals surface area (Å²) >= 11 is 3.25. The predicted molar refractivity (Wildman–Crippen MR) is 57.3 cm³/mol. The molecule has 0 aliphatic rings. The zero-order valence-electron chi connectivity index (χ0n) is 7.36. The van der Waals surface area contributed by atoms with Crippen LogP contribution >= 0.6 is 15.9 Å². The number of aromatic nitrogens is 3. The molecule has 0 aliphatic heterocycles. The summed E-state index contributed by atoms with van der Waals surface area (Å²) < 4.78 is 2.01. The van der Waals surface area contributed by atoms with E-state index in [-0.39, 0.29) is 5.69 Å². The van der Waals surface area contributed by atoms with Gasteiger partial charge in [-0.25, -0.2) is 9.78 Å². The van der Waals surface area contributed by atoms with Crippen molar-refractivity contribution in [2.75, 3.05) is 0 Å². The first-order chi connectivity index (χ1) is 6.59. The fourth-order valence-corrected chi connectivity index (χ4v) is 1.67. The van der Waals surface area contributed by atoms with Crippen LogP contribution in [0.2, 0.25) is 6.82 Å². The SMILES string of the molecule is CB(O)n1c(=O)[nH]c2ncc(Br)cc21. The molecule has 0 fully saturated rings. The summed E-state index contributed by atoms with van der Waals surface area (Å²) in [6, 6.07) is 1.73. The second-order valence-electron chi connectivity index (χ2n) is 2.95. The van der Waals surface area contributed by atoms with E-state index in [1.54, 1.807) is 12.3 Å². The maximum atomic E-state index is 11.4. The number of nitrogens with one attached hydrogen (secondary N) is 1. The lowest BCUT2D eigenvalue weighted by Crippen LogP contribution is -2.30. The minimum atomic E-state index is -0.868. The third kappa shape index (κ3) is 1.38. The van der Waals surface area contributed by atoms with Crippen molar-refractivity contribution in [2.24, 2.45) is 0 Å². The third-order valence-corrected chi connectivity index (χ3v) is 2.35. The van der Waals surface area contributed by atoms with Crippen molar-refractivity contribution in [3.63, 3.8) is 0 Å². The molecule has 2 rings (SSSR count). The molecule has 2 heterocycles. The van der Waals surface area contributed by atoms with Gasteiger partial charge in [0.25, 0.3) is 0 Å². The van der Waals surface area contributed by atoms with E-state index in [4.69, 9.17) is 0 Å². The monoisotopic (exact) mass is 255 g/mol. The van der Waals surface area contributed by atoms with Gasteiger partial charge in [0.15, 0.2) is 5.65 Å². The van der Waals surface area contributed by atoms with Gasteiger partial charge in [-0.1, -0.05) is 0 Å². The second-order valence-corrected chi connectivity index (χ2v) is 3.87. The highest BCUT2D eigenvalue weighted by molar-refractivity contribution is 9.10. The maximum Gasteiger partial charge on any atom is 0.418 e. The van der Waals surface area contributed by atoms with Crippen LogP contribution in [0.5, 0.6) is 0 Å². The number of hydrogen-bond acceptors (Lipinski definition) is 3. The molecular formula is C7H7BBrN3O2. The van der Waals surface area contributed by atoms with Gasteiger partial charge < -0.3 is 9.50 Å². The molecule has 0 saturated carbocycles. The molecule has 0 unspecified atom stereocenters. The lowest BCUT2D eigenvalue weighted by molar-refractivity contribution is 0.563. The van der Waals surface area contributed by atoms with E-state index in [9.17, 15) is 9.82 Å². The molecule has 0 bridgehead atoms. The topological polar surface area (TPSA) is 70.9 Å². The van der Waals surface area contributed by atoms with E-state index in [1.807, 2.05) is 0 Å². The number of H-pyrrole nitrogens is 1. The fraction of sp³-hybridized carbons (Fsp3) is 0.143. The Morgan fingerprint density at radius 2 is 2.43 bits per heavy atom. The minimum absolute atomic E-state index is 0.361. The fourth-order valence-electron chi connectivity index (χ4n) is 1.35. The van der Waals surface area contributed by atoms with Crippen LogP contribution in [0.15, 0.2) is 21.5 Å². The van der Waals surface area contributed by atoms with Crippen LogP contribution in [0, 0.1) is 0 Å². The highest BCUT2D eigenvalue weighted by Gasteiger charge is 2.15. The quantitative estimate of drug-likeness (QED) is 0.727. The van der Waals surface area contributed by atoms with E-state index >= 15 is 0 Å². The summed E-state index contributed by atoms with van der Waals surface area (Å²) in [7, 11) is -0.868. The summed E-state index contributed by atoms with van der Waals surface area (Å²) in [4.78, 5) is 17.9. The number of aromatic amines is 1. The van der Waals surface area contributed by atoms with Crippen LogP contribution in [-0.2, 0) is 0 Å². The summed E-state index contributed by atoms with van der Waals surface area (Å²) in [5.74, 6) is 0. The molecule has 0 radical (unpaired) electrons. The van der Waals surface area contributed by atoms with Crippen LogP contribution in [-0.4, -0.2) is 26.5 Å².